The maximum Gasteiger partial charge on any atom is 0.197 e. The highest BCUT2D eigenvalue weighted by molar-refractivity contribution is 7.90. The summed E-state index contributed by atoms with van der Waals surface area (Å²) >= 11 is 0. The molecule has 0 bridgehead atoms. The molecule has 1 N–H and O–H groups in total. The molecule has 0 spiro atoms. The van der Waals surface area contributed by atoms with E-state index in [4.69, 9.17) is 4.74 Å². The molecular formula is C26H33N5O3S. The number of hydrogen-bond acceptors (Lipinski definition) is 6. The van der Waals surface area contributed by atoms with Gasteiger partial charge in [-0.15, -0.1) is 0 Å². The molecule has 1 aromatic carbocycles. The molecule has 0 aliphatic heterocycles. The molecule has 5 rings (SSSR count). The van der Waals surface area contributed by atoms with E-state index in [2.05, 4.69) is 52.0 Å². The lowest BCUT2D eigenvalue weighted by atomic mass is 9.75. The first kappa shape index (κ1) is 23.8. The van der Waals surface area contributed by atoms with Gasteiger partial charge in [0.1, 0.15) is 16.2 Å². The Morgan fingerprint density at radius 3 is 2.71 bits per heavy atom. The highest BCUT2D eigenvalue weighted by Gasteiger charge is 2.33. The Bertz CT molecular complexity index is 1480. The van der Waals surface area contributed by atoms with E-state index in [9.17, 15) is 8.42 Å². The van der Waals surface area contributed by atoms with Crippen molar-refractivity contribution in [3.8, 4) is 17.0 Å². The predicted octanol–water partition coefficient (Wildman–Crippen LogP) is 4.23. The van der Waals surface area contributed by atoms with Gasteiger partial charge in [0, 0.05) is 41.5 Å². The molecule has 1 aliphatic carbocycles. The van der Waals surface area contributed by atoms with Gasteiger partial charge < -0.3 is 14.6 Å². The van der Waals surface area contributed by atoms with Crippen LogP contribution in [0.3, 0.4) is 0 Å². The lowest BCUT2D eigenvalue weighted by Gasteiger charge is -2.41. The highest BCUT2D eigenvalue weighted by atomic mass is 32.2. The molecule has 3 aromatic heterocycles. The van der Waals surface area contributed by atoms with Crippen LogP contribution in [0, 0.1) is 0 Å². The lowest BCUT2D eigenvalue weighted by molar-refractivity contribution is 0.144. The van der Waals surface area contributed by atoms with Crippen molar-refractivity contribution in [2.45, 2.75) is 44.6 Å². The first-order chi connectivity index (χ1) is 16.6. The predicted molar refractivity (Wildman–Crippen MR) is 139 cm³/mol. The minimum Gasteiger partial charge on any atom is -0.493 e. The summed E-state index contributed by atoms with van der Waals surface area (Å²) in [6, 6.07) is 9.21. The number of pyridine rings is 1. The minimum absolute atomic E-state index is 0.214. The number of rotatable bonds is 8. The second kappa shape index (κ2) is 8.95. The number of hydrogen-bond donors (Lipinski definition) is 1. The molecule has 0 unspecified atom stereocenters. The van der Waals surface area contributed by atoms with Gasteiger partial charge >= 0.3 is 0 Å². The molecule has 4 aromatic rings. The summed E-state index contributed by atoms with van der Waals surface area (Å²) in [5, 5.41) is 5.57. The maximum absolute atomic E-state index is 11.5. The summed E-state index contributed by atoms with van der Waals surface area (Å²) in [4.78, 5) is 10.1. The van der Waals surface area contributed by atoms with Gasteiger partial charge in [-0.2, -0.15) is 5.10 Å². The third-order valence-corrected chi connectivity index (χ3v) is 8.24. The number of aromatic amines is 1. The molecule has 35 heavy (non-hydrogen) atoms. The second-order valence-electron chi connectivity index (χ2n) is 10.1. The van der Waals surface area contributed by atoms with E-state index >= 15 is 0 Å². The van der Waals surface area contributed by atoms with Gasteiger partial charge in [-0.1, -0.05) is 19.9 Å². The molecule has 9 heteroatoms. The average molecular weight is 496 g/mol. The molecule has 3 heterocycles. The number of nitrogens with zero attached hydrogens (tertiary/aromatic N) is 4. The fourth-order valence-corrected chi connectivity index (χ4v) is 5.83. The van der Waals surface area contributed by atoms with Crippen LogP contribution in [-0.4, -0.2) is 71.7 Å². The number of benzene rings is 1. The van der Waals surface area contributed by atoms with Crippen molar-refractivity contribution < 1.29 is 13.2 Å². The monoisotopic (exact) mass is 495 g/mol. The van der Waals surface area contributed by atoms with Crippen LogP contribution in [0.4, 0.5) is 0 Å². The summed E-state index contributed by atoms with van der Waals surface area (Å²) in [5.74, 6) is 1.72. The van der Waals surface area contributed by atoms with Gasteiger partial charge in [0.15, 0.2) is 11.4 Å². The van der Waals surface area contributed by atoms with Crippen molar-refractivity contribution in [1.29, 1.82) is 0 Å². The number of ether oxygens (including phenoxy) is 1. The van der Waals surface area contributed by atoms with Crippen molar-refractivity contribution >= 4 is 26.4 Å². The summed E-state index contributed by atoms with van der Waals surface area (Å²) in [5.41, 5.74) is 6.53. The zero-order chi connectivity index (χ0) is 24.9. The van der Waals surface area contributed by atoms with Crippen LogP contribution < -0.4 is 4.74 Å². The van der Waals surface area contributed by atoms with Crippen molar-refractivity contribution in [2.75, 3.05) is 32.7 Å². The molecule has 0 saturated heterocycles. The van der Waals surface area contributed by atoms with Gasteiger partial charge in [-0.05, 0) is 61.1 Å². The zero-order valence-corrected chi connectivity index (χ0v) is 21.8. The molecular weight excluding hydrogens is 462 g/mol. The van der Waals surface area contributed by atoms with E-state index < -0.39 is 9.84 Å². The number of aromatic nitrogens is 4. The quantitative estimate of drug-likeness (QED) is 0.393. The van der Waals surface area contributed by atoms with E-state index in [1.54, 1.807) is 11.6 Å². The van der Waals surface area contributed by atoms with Crippen LogP contribution in [0.15, 0.2) is 36.8 Å². The van der Waals surface area contributed by atoms with Crippen LogP contribution in [0.25, 0.3) is 27.8 Å². The van der Waals surface area contributed by atoms with Crippen molar-refractivity contribution in [3.63, 3.8) is 0 Å². The Hall–Kier alpha value is -2.91. The zero-order valence-electron chi connectivity index (χ0n) is 20.9. The van der Waals surface area contributed by atoms with Crippen LogP contribution in [0.2, 0.25) is 0 Å². The molecule has 0 atom stereocenters. The third kappa shape index (κ3) is 4.54. The third-order valence-electron chi connectivity index (χ3n) is 7.31. The summed E-state index contributed by atoms with van der Waals surface area (Å²) in [6.07, 6.45) is 6.94. The summed E-state index contributed by atoms with van der Waals surface area (Å²) in [6.45, 7) is 5.04. The number of H-pyrrole nitrogens is 1. The molecule has 1 fully saturated rings. The van der Waals surface area contributed by atoms with E-state index in [1.165, 1.54) is 29.1 Å². The molecule has 186 valence electrons. The van der Waals surface area contributed by atoms with E-state index in [0.717, 1.165) is 29.6 Å². The SMILES string of the molecule is COc1cc(-c2[nH]c3ccc(C4CC(N(C)CCS(C)(=O)=O)C4)cc3c2C(C)C)cn2ncnc12. The summed E-state index contributed by atoms with van der Waals surface area (Å²) < 4.78 is 30.4. The maximum atomic E-state index is 11.5. The first-order valence-electron chi connectivity index (χ1n) is 12.1. The lowest BCUT2D eigenvalue weighted by Crippen LogP contribution is -2.43. The van der Waals surface area contributed by atoms with Gasteiger partial charge in [0.25, 0.3) is 0 Å². The fourth-order valence-electron chi connectivity index (χ4n) is 5.21. The van der Waals surface area contributed by atoms with Gasteiger partial charge in [-0.3, -0.25) is 0 Å². The Morgan fingerprint density at radius 1 is 1.26 bits per heavy atom. The smallest absolute Gasteiger partial charge is 0.197 e. The fraction of sp³-hybridized carbons (Fsp3) is 0.462. The highest BCUT2D eigenvalue weighted by Crippen LogP contribution is 2.43. The first-order valence-corrected chi connectivity index (χ1v) is 14.1. The Balaban J connectivity index is 1.44. The van der Waals surface area contributed by atoms with Gasteiger partial charge in [0.05, 0.1) is 18.6 Å². The number of fused-ring (bicyclic) bond motifs is 2. The normalized spacial score (nSPS) is 18.6. The van der Waals surface area contributed by atoms with Crippen LogP contribution in [0.1, 0.15) is 49.7 Å². The minimum atomic E-state index is -2.94. The number of methoxy groups -OCH3 is 1. The van der Waals surface area contributed by atoms with Gasteiger partial charge in [-0.25, -0.2) is 17.9 Å². The van der Waals surface area contributed by atoms with Gasteiger partial charge in [0.2, 0.25) is 0 Å². The van der Waals surface area contributed by atoms with Crippen molar-refractivity contribution in [3.05, 3.63) is 47.9 Å². The van der Waals surface area contributed by atoms with E-state index in [0.29, 0.717) is 35.8 Å². The van der Waals surface area contributed by atoms with Crippen molar-refractivity contribution in [2.24, 2.45) is 0 Å². The average Bonchev–Trinajstić information content (AvgIpc) is 3.39. The standard InChI is InChI=1S/C26H33N5O3S/c1-16(2)24-21-12-17(18-10-20(11-18)30(3)8-9-35(5,32)33)6-7-22(21)29-25(24)19-13-23(34-4)26-27-15-28-31(26)14-19/h6-7,12-16,18,20,29H,8-11H2,1-5H3. The summed E-state index contributed by atoms with van der Waals surface area (Å²) in [7, 11) is 0.749. The van der Waals surface area contributed by atoms with Crippen LogP contribution in [-0.2, 0) is 9.84 Å². The van der Waals surface area contributed by atoms with E-state index in [1.807, 2.05) is 19.3 Å². The largest absolute Gasteiger partial charge is 0.493 e. The van der Waals surface area contributed by atoms with E-state index in [-0.39, 0.29) is 5.75 Å². The number of sulfone groups is 1. The number of nitrogens with one attached hydrogen (secondary N) is 1. The Kier molecular flexibility index (Phi) is 6.09. The van der Waals surface area contributed by atoms with Crippen LogP contribution >= 0.6 is 0 Å². The molecule has 1 aliphatic rings. The second-order valence-corrected chi connectivity index (χ2v) is 12.4. The molecule has 0 radical (unpaired) electrons. The van der Waals surface area contributed by atoms with Crippen molar-refractivity contribution in [1.82, 2.24) is 24.5 Å². The molecule has 1 saturated carbocycles. The topological polar surface area (TPSA) is 92.6 Å². The van der Waals surface area contributed by atoms with Crippen LogP contribution in [0.5, 0.6) is 5.75 Å². The molecule has 0 amide bonds. The Morgan fingerprint density at radius 2 is 2.03 bits per heavy atom. The Labute approximate surface area is 206 Å². The molecule has 8 nitrogen and oxygen atoms in total.